The first kappa shape index (κ1) is 22.1. The van der Waals surface area contributed by atoms with E-state index in [-0.39, 0.29) is 6.17 Å². The molecule has 35 heavy (non-hydrogen) atoms. The molecule has 1 atom stereocenters. The Morgan fingerprint density at radius 3 is 2.63 bits per heavy atom. The molecule has 6 rings (SSSR count). The SMILES string of the molecule is COc1ccc([C@@H]2NC3=NCN(CCN4CCOCC4)CN3c3nc4ccccc4n32)cc1OC. The fourth-order valence-corrected chi connectivity index (χ4v) is 5.01. The van der Waals surface area contributed by atoms with Gasteiger partial charge in [0.2, 0.25) is 11.9 Å². The fourth-order valence-electron chi connectivity index (χ4n) is 5.01. The van der Waals surface area contributed by atoms with E-state index in [0.29, 0.717) is 18.2 Å². The molecule has 1 fully saturated rings. The van der Waals surface area contributed by atoms with Gasteiger partial charge in [-0.2, -0.15) is 0 Å². The molecule has 10 nitrogen and oxygen atoms in total. The number of ether oxygens (including phenoxy) is 3. The van der Waals surface area contributed by atoms with E-state index in [9.17, 15) is 0 Å². The molecule has 1 aromatic heterocycles. The van der Waals surface area contributed by atoms with Gasteiger partial charge in [0.1, 0.15) is 6.17 Å². The van der Waals surface area contributed by atoms with Crippen LogP contribution < -0.4 is 19.7 Å². The number of hydrogen-bond acceptors (Lipinski definition) is 9. The van der Waals surface area contributed by atoms with Crippen LogP contribution in [0, 0.1) is 0 Å². The summed E-state index contributed by atoms with van der Waals surface area (Å²) in [6, 6.07) is 14.3. The molecule has 0 unspecified atom stereocenters. The van der Waals surface area contributed by atoms with Gasteiger partial charge in [-0.05, 0) is 29.8 Å². The molecule has 3 aliphatic heterocycles. The summed E-state index contributed by atoms with van der Waals surface area (Å²) in [5.74, 6) is 3.13. The molecule has 1 saturated heterocycles. The third-order valence-electron chi connectivity index (χ3n) is 6.92. The van der Waals surface area contributed by atoms with Gasteiger partial charge in [0.25, 0.3) is 0 Å². The molecular weight excluding hydrogens is 446 g/mol. The molecule has 0 radical (unpaired) electrons. The molecule has 0 bridgehead atoms. The number of methoxy groups -OCH3 is 2. The van der Waals surface area contributed by atoms with Crippen LogP contribution in [-0.2, 0) is 4.74 Å². The molecule has 0 saturated carbocycles. The summed E-state index contributed by atoms with van der Waals surface area (Å²) in [7, 11) is 3.31. The van der Waals surface area contributed by atoms with Crippen molar-refractivity contribution in [3.63, 3.8) is 0 Å². The molecule has 0 spiro atoms. The van der Waals surface area contributed by atoms with Crippen molar-refractivity contribution in [1.82, 2.24) is 24.7 Å². The number of hydrogen-bond donors (Lipinski definition) is 1. The summed E-state index contributed by atoms with van der Waals surface area (Å²) >= 11 is 0. The minimum atomic E-state index is -0.174. The van der Waals surface area contributed by atoms with E-state index in [2.05, 4.69) is 48.8 Å². The number of benzene rings is 2. The van der Waals surface area contributed by atoms with Crippen molar-refractivity contribution < 1.29 is 14.2 Å². The van der Waals surface area contributed by atoms with Crippen LogP contribution >= 0.6 is 0 Å². The molecule has 4 heterocycles. The molecule has 0 amide bonds. The average Bonchev–Trinajstić information content (AvgIpc) is 3.31. The number of anilines is 1. The third-order valence-corrected chi connectivity index (χ3v) is 6.92. The molecule has 184 valence electrons. The van der Waals surface area contributed by atoms with Gasteiger partial charge in [-0.15, -0.1) is 0 Å². The standard InChI is InChI=1S/C25H31N7O3/c1-33-21-8-7-18(15-22(21)34-2)23-28-24-26-16-30(10-9-29-11-13-35-14-12-29)17-31(24)25-27-19-5-3-4-6-20(19)32(23)25/h3-8,15,23H,9-14,16-17H2,1-2H3,(H,26,28)/t23-/m1/s1. The summed E-state index contributed by atoms with van der Waals surface area (Å²) < 4.78 is 18.8. The number of fused-ring (bicyclic) bond motifs is 5. The number of aromatic nitrogens is 2. The highest BCUT2D eigenvalue weighted by molar-refractivity contribution is 5.98. The second kappa shape index (κ2) is 9.37. The molecule has 3 aliphatic rings. The zero-order chi connectivity index (χ0) is 23.8. The number of guanidine groups is 1. The largest absolute Gasteiger partial charge is 0.493 e. The summed E-state index contributed by atoms with van der Waals surface area (Å²) in [4.78, 5) is 17.0. The lowest BCUT2D eigenvalue weighted by Gasteiger charge is -2.42. The summed E-state index contributed by atoms with van der Waals surface area (Å²) in [5.41, 5.74) is 3.07. The van der Waals surface area contributed by atoms with Crippen molar-refractivity contribution in [2.45, 2.75) is 6.17 Å². The van der Waals surface area contributed by atoms with Crippen LogP contribution in [0.15, 0.2) is 47.5 Å². The number of rotatable bonds is 6. The zero-order valence-corrected chi connectivity index (χ0v) is 20.2. The smallest absolute Gasteiger partial charge is 0.216 e. The van der Waals surface area contributed by atoms with Crippen molar-refractivity contribution in [3.05, 3.63) is 48.0 Å². The number of nitrogens with zero attached hydrogens (tertiary/aromatic N) is 6. The van der Waals surface area contributed by atoms with E-state index in [4.69, 9.17) is 24.2 Å². The Labute approximate surface area is 204 Å². The molecule has 2 aromatic carbocycles. The van der Waals surface area contributed by atoms with E-state index in [0.717, 1.165) is 74.6 Å². The summed E-state index contributed by atoms with van der Waals surface area (Å²) in [6.07, 6.45) is -0.174. The van der Waals surface area contributed by atoms with Gasteiger partial charge in [-0.25, -0.2) is 9.98 Å². The quantitative estimate of drug-likeness (QED) is 0.577. The van der Waals surface area contributed by atoms with Crippen molar-refractivity contribution in [2.75, 3.05) is 71.8 Å². The van der Waals surface area contributed by atoms with Gasteiger partial charge in [0.05, 0.1) is 51.8 Å². The van der Waals surface area contributed by atoms with Gasteiger partial charge in [0.15, 0.2) is 11.5 Å². The topological polar surface area (TPSA) is 79.6 Å². The lowest BCUT2D eigenvalue weighted by atomic mass is 10.1. The highest BCUT2D eigenvalue weighted by Gasteiger charge is 2.36. The minimum Gasteiger partial charge on any atom is -0.493 e. The maximum atomic E-state index is 5.59. The molecule has 3 aromatic rings. The number of imidazole rings is 1. The number of para-hydroxylation sites is 2. The number of nitrogens with one attached hydrogen (secondary N) is 1. The molecule has 1 N–H and O–H groups in total. The van der Waals surface area contributed by atoms with Gasteiger partial charge < -0.3 is 19.5 Å². The maximum absolute atomic E-state index is 5.59. The Morgan fingerprint density at radius 2 is 1.80 bits per heavy atom. The highest BCUT2D eigenvalue weighted by Crippen LogP contribution is 2.36. The van der Waals surface area contributed by atoms with Gasteiger partial charge in [0, 0.05) is 26.2 Å². The van der Waals surface area contributed by atoms with Crippen LogP contribution in [0.4, 0.5) is 5.95 Å². The molecule has 10 heteroatoms. The van der Waals surface area contributed by atoms with Crippen molar-refractivity contribution in [3.8, 4) is 11.5 Å². The van der Waals surface area contributed by atoms with Crippen molar-refractivity contribution in [1.29, 1.82) is 0 Å². The molecular formula is C25H31N7O3. The predicted octanol–water partition coefficient (Wildman–Crippen LogP) is 1.93. The second-order valence-corrected chi connectivity index (χ2v) is 8.97. The highest BCUT2D eigenvalue weighted by atomic mass is 16.5. The van der Waals surface area contributed by atoms with Crippen LogP contribution in [-0.4, -0.2) is 92.3 Å². The summed E-state index contributed by atoms with van der Waals surface area (Å²) in [5, 5.41) is 3.67. The average molecular weight is 478 g/mol. The maximum Gasteiger partial charge on any atom is 0.216 e. The van der Waals surface area contributed by atoms with Crippen molar-refractivity contribution >= 4 is 22.9 Å². The number of morpholine rings is 1. The minimum absolute atomic E-state index is 0.174. The zero-order valence-electron chi connectivity index (χ0n) is 20.2. The van der Waals surface area contributed by atoms with Crippen molar-refractivity contribution in [2.24, 2.45) is 4.99 Å². The number of aliphatic imine (C=N–C) groups is 1. The van der Waals surface area contributed by atoms with Gasteiger partial charge in [-0.1, -0.05) is 18.2 Å². The predicted molar refractivity (Wildman–Crippen MR) is 134 cm³/mol. The first-order valence-corrected chi connectivity index (χ1v) is 12.0. The third kappa shape index (κ3) is 4.07. The van der Waals surface area contributed by atoms with E-state index in [1.54, 1.807) is 14.2 Å². The Morgan fingerprint density at radius 1 is 1.00 bits per heavy atom. The van der Waals surface area contributed by atoms with E-state index in [1.165, 1.54) is 0 Å². The normalized spacial score (nSPS) is 20.7. The Kier molecular flexibility index (Phi) is 5.93. The van der Waals surface area contributed by atoms with E-state index in [1.807, 2.05) is 18.2 Å². The van der Waals surface area contributed by atoms with Crippen LogP contribution in [0.25, 0.3) is 11.0 Å². The first-order chi connectivity index (χ1) is 17.2. The van der Waals surface area contributed by atoms with E-state index >= 15 is 0 Å². The summed E-state index contributed by atoms with van der Waals surface area (Å²) in [6.45, 7) is 6.99. The second-order valence-electron chi connectivity index (χ2n) is 8.97. The fraction of sp³-hybridized carbons (Fsp3) is 0.440. The Bertz CT molecular complexity index is 1240. The van der Waals surface area contributed by atoms with Gasteiger partial charge in [-0.3, -0.25) is 19.3 Å². The van der Waals surface area contributed by atoms with Crippen LogP contribution in [0.2, 0.25) is 0 Å². The lowest BCUT2D eigenvalue weighted by molar-refractivity contribution is 0.0334. The monoisotopic (exact) mass is 477 g/mol. The van der Waals surface area contributed by atoms with E-state index < -0.39 is 0 Å². The van der Waals surface area contributed by atoms with Crippen LogP contribution in [0.1, 0.15) is 11.7 Å². The Balaban J connectivity index is 1.33. The molecule has 0 aliphatic carbocycles. The van der Waals surface area contributed by atoms with Gasteiger partial charge >= 0.3 is 0 Å². The Hall–Kier alpha value is -3.34. The van der Waals surface area contributed by atoms with Crippen LogP contribution in [0.3, 0.4) is 0 Å². The van der Waals surface area contributed by atoms with Crippen LogP contribution in [0.5, 0.6) is 11.5 Å². The lowest BCUT2D eigenvalue weighted by Crippen LogP contribution is -2.58. The first-order valence-electron chi connectivity index (χ1n) is 12.0.